The van der Waals surface area contributed by atoms with Gasteiger partial charge in [0, 0.05) is 0 Å². The molecule has 0 aliphatic carbocycles. The zero-order valence-electron chi connectivity index (χ0n) is 10.1. The van der Waals surface area contributed by atoms with Gasteiger partial charge in [-0.1, -0.05) is 0 Å². The lowest BCUT2D eigenvalue weighted by Gasteiger charge is -2.05. The lowest BCUT2D eigenvalue weighted by Crippen LogP contribution is -2.22. The SMILES string of the molecule is CCOC(=O)Cc1c(N)nc(-c2cn[nH]n2)[nH]c1=O. The van der Waals surface area contributed by atoms with E-state index in [2.05, 4.69) is 25.4 Å². The summed E-state index contributed by atoms with van der Waals surface area (Å²) in [6, 6.07) is 0. The van der Waals surface area contributed by atoms with Gasteiger partial charge in [-0.05, 0) is 6.92 Å². The topological polar surface area (TPSA) is 140 Å². The Bertz CT molecular complexity index is 633. The third-order valence-electron chi connectivity index (χ3n) is 2.33. The van der Waals surface area contributed by atoms with E-state index in [1.807, 2.05) is 0 Å². The predicted molar refractivity (Wildman–Crippen MR) is 65.0 cm³/mol. The van der Waals surface area contributed by atoms with Gasteiger partial charge in [0.25, 0.3) is 5.56 Å². The minimum atomic E-state index is -0.532. The molecule has 0 spiro atoms. The number of nitrogens with zero attached hydrogens (tertiary/aromatic N) is 3. The third kappa shape index (κ3) is 2.76. The van der Waals surface area contributed by atoms with E-state index in [1.165, 1.54) is 6.20 Å². The van der Waals surface area contributed by atoms with E-state index in [-0.39, 0.29) is 30.2 Å². The van der Waals surface area contributed by atoms with Crippen LogP contribution in [0.15, 0.2) is 11.0 Å². The van der Waals surface area contributed by atoms with Crippen molar-refractivity contribution in [3.8, 4) is 11.5 Å². The Morgan fingerprint density at radius 3 is 2.89 bits per heavy atom. The molecule has 19 heavy (non-hydrogen) atoms. The minimum Gasteiger partial charge on any atom is -0.466 e. The van der Waals surface area contributed by atoms with Gasteiger partial charge >= 0.3 is 5.97 Å². The highest BCUT2D eigenvalue weighted by Gasteiger charge is 2.15. The molecule has 0 bridgehead atoms. The molecular formula is C10H12N6O3. The molecule has 0 atom stereocenters. The number of rotatable bonds is 4. The quantitative estimate of drug-likeness (QED) is 0.616. The van der Waals surface area contributed by atoms with Gasteiger partial charge in [-0.3, -0.25) is 9.59 Å². The Kier molecular flexibility index (Phi) is 3.55. The maximum Gasteiger partial charge on any atom is 0.310 e. The smallest absolute Gasteiger partial charge is 0.310 e. The first-order valence-electron chi connectivity index (χ1n) is 5.52. The number of carbonyl (C=O) groups excluding carboxylic acids is 1. The monoisotopic (exact) mass is 264 g/mol. The van der Waals surface area contributed by atoms with Crippen molar-refractivity contribution in [2.75, 3.05) is 12.3 Å². The molecule has 2 aromatic rings. The summed E-state index contributed by atoms with van der Waals surface area (Å²) in [6.07, 6.45) is 1.17. The van der Waals surface area contributed by atoms with E-state index in [0.717, 1.165) is 0 Å². The first-order valence-corrected chi connectivity index (χ1v) is 5.52. The van der Waals surface area contributed by atoms with E-state index in [1.54, 1.807) is 6.92 Å². The van der Waals surface area contributed by atoms with Crippen LogP contribution >= 0.6 is 0 Å². The van der Waals surface area contributed by atoms with Gasteiger partial charge in [0.1, 0.15) is 11.5 Å². The number of aromatic amines is 2. The van der Waals surface area contributed by atoms with Crippen LogP contribution in [0.25, 0.3) is 11.5 Å². The molecule has 0 aromatic carbocycles. The van der Waals surface area contributed by atoms with Crippen LogP contribution in [-0.2, 0) is 16.0 Å². The second-order valence-electron chi connectivity index (χ2n) is 3.62. The molecule has 0 amide bonds. The van der Waals surface area contributed by atoms with Crippen molar-refractivity contribution >= 4 is 11.8 Å². The molecule has 2 aromatic heterocycles. The molecule has 100 valence electrons. The number of nitrogen functional groups attached to an aromatic ring is 1. The summed E-state index contributed by atoms with van der Waals surface area (Å²) in [5.74, 6) is -0.380. The maximum absolute atomic E-state index is 11.9. The van der Waals surface area contributed by atoms with Crippen LogP contribution in [0.2, 0.25) is 0 Å². The van der Waals surface area contributed by atoms with E-state index >= 15 is 0 Å². The Labute approximate surface area is 107 Å². The average Bonchev–Trinajstić information content (AvgIpc) is 2.87. The Morgan fingerprint density at radius 2 is 2.32 bits per heavy atom. The number of esters is 1. The number of anilines is 1. The second-order valence-corrected chi connectivity index (χ2v) is 3.62. The van der Waals surface area contributed by atoms with Crippen LogP contribution in [0, 0.1) is 0 Å². The summed E-state index contributed by atoms with van der Waals surface area (Å²) in [5.41, 5.74) is 5.60. The molecule has 0 saturated heterocycles. The predicted octanol–water partition coefficient (Wildman–Crippen LogP) is -0.757. The van der Waals surface area contributed by atoms with E-state index < -0.39 is 11.5 Å². The fourth-order valence-corrected chi connectivity index (χ4v) is 1.48. The number of aromatic nitrogens is 5. The normalized spacial score (nSPS) is 10.4. The van der Waals surface area contributed by atoms with Crippen LogP contribution in [0.1, 0.15) is 12.5 Å². The van der Waals surface area contributed by atoms with Crippen molar-refractivity contribution in [2.45, 2.75) is 13.3 Å². The fourth-order valence-electron chi connectivity index (χ4n) is 1.48. The summed E-state index contributed by atoms with van der Waals surface area (Å²) in [7, 11) is 0. The number of nitrogens with two attached hydrogens (primary N) is 1. The molecule has 9 heteroatoms. The molecule has 9 nitrogen and oxygen atoms in total. The molecule has 0 radical (unpaired) electrons. The molecule has 0 aliphatic rings. The van der Waals surface area contributed by atoms with Crippen molar-refractivity contribution in [1.29, 1.82) is 0 Å². The molecule has 0 saturated carbocycles. The van der Waals surface area contributed by atoms with Crippen molar-refractivity contribution in [1.82, 2.24) is 25.4 Å². The second kappa shape index (κ2) is 5.29. The summed E-state index contributed by atoms with van der Waals surface area (Å²) < 4.78 is 4.76. The van der Waals surface area contributed by atoms with Gasteiger partial charge in [0.05, 0.1) is 24.8 Å². The highest BCUT2D eigenvalue weighted by molar-refractivity contribution is 5.74. The van der Waals surface area contributed by atoms with Crippen molar-refractivity contribution in [3.05, 3.63) is 22.1 Å². The Hall–Kier alpha value is -2.71. The molecule has 2 rings (SSSR count). The number of H-pyrrole nitrogens is 2. The van der Waals surface area contributed by atoms with Gasteiger partial charge < -0.3 is 15.5 Å². The zero-order chi connectivity index (χ0) is 13.8. The number of hydrogen-bond donors (Lipinski definition) is 3. The van der Waals surface area contributed by atoms with Gasteiger partial charge in [0.2, 0.25) is 0 Å². The average molecular weight is 264 g/mol. The molecular weight excluding hydrogens is 252 g/mol. The van der Waals surface area contributed by atoms with Crippen LogP contribution in [0.4, 0.5) is 5.82 Å². The van der Waals surface area contributed by atoms with Crippen molar-refractivity contribution < 1.29 is 9.53 Å². The van der Waals surface area contributed by atoms with E-state index in [9.17, 15) is 9.59 Å². The molecule has 0 aliphatic heterocycles. The molecule has 2 heterocycles. The fraction of sp³-hybridized carbons (Fsp3) is 0.300. The minimum absolute atomic E-state index is 0.0326. The highest BCUT2D eigenvalue weighted by atomic mass is 16.5. The third-order valence-corrected chi connectivity index (χ3v) is 2.33. The van der Waals surface area contributed by atoms with E-state index in [0.29, 0.717) is 5.69 Å². The Balaban J connectivity index is 2.33. The lowest BCUT2D eigenvalue weighted by molar-refractivity contribution is -0.142. The summed E-state index contributed by atoms with van der Waals surface area (Å²) in [4.78, 5) is 29.7. The van der Waals surface area contributed by atoms with Crippen LogP contribution < -0.4 is 11.3 Å². The van der Waals surface area contributed by atoms with Gasteiger partial charge in [-0.25, -0.2) is 4.98 Å². The van der Waals surface area contributed by atoms with Crippen LogP contribution in [0.5, 0.6) is 0 Å². The number of ether oxygens (including phenoxy) is 1. The van der Waals surface area contributed by atoms with Crippen LogP contribution in [0.3, 0.4) is 0 Å². The summed E-state index contributed by atoms with van der Waals surface area (Å²) >= 11 is 0. The highest BCUT2D eigenvalue weighted by Crippen LogP contribution is 2.11. The van der Waals surface area contributed by atoms with Gasteiger partial charge in [-0.2, -0.15) is 15.4 Å². The Morgan fingerprint density at radius 1 is 1.53 bits per heavy atom. The zero-order valence-corrected chi connectivity index (χ0v) is 10.1. The number of hydrogen-bond acceptors (Lipinski definition) is 7. The van der Waals surface area contributed by atoms with Crippen LogP contribution in [-0.4, -0.2) is 38.0 Å². The molecule has 0 unspecified atom stereocenters. The maximum atomic E-state index is 11.9. The van der Waals surface area contributed by atoms with Crippen molar-refractivity contribution in [2.24, 2.45) is 0 Å². The summed E-state index contributed by atoms with van der Waals surface area (Å²) in [5, 5.41) is 9.77. The molecule has 4 N–H and O–H groups in total. The largest absolute Gasteiger partial charge is 0.466 e. The standard InChI is InChI=1S/C10H12N6O3/c1-2-19-7(17)3-5-8(11)13-9(14-10(5)18)6-4-12-16-15-6/h4H,2-3H2,1H3,(H,12,15,16)(H3,11,13,14,18). The summed E-state index contributed by atoms with van der Waals surface area (Å²) in [6.45, 7) is 1.92. The lowest BCUT2D eigenvalue weighted by atomic mass is 10.2. The van der Waals surface area contributed by atoms with E-state index in [4.69, 9.17) is 10.5 Å². The molecule has 0 fully saturated rings. The number of nitrogens with one attached hydrogen (secondary N) is 2. The first-order chi connectivity index (χ1) is 9.11. The van der Waals surface area contributed by atoms with Gasteiger partial charge in [-0.15, -0.1) is 0 Å². The van der Waals surface area contributed by atoms with Gasteiger partial charge in [0.15, 0.2) is 5.82 Å². The van der Waals surface area contributed by atoms with Crippen molar-refractivity contribution in [3.63, 3.8) is 0 Å². The number of carbonyl (C=O) groups is 1. The first kappa shape index (κ1) is 12.7.